The first-order chi connectivity index (χ1) is 7.89. The molecule has 0 bridgehead atoms. The van der Waals surface area contributed by atoms with Gasteiger partial charge in [-0.05, 0) is 31.0 Å². The average molecular weight is 262 g/mol. The highest BCUT2D eigenvalue weighted by Crippen LogP contribution is 2.34. The molecule has 94 valence electrons. The van der Waals surface area contributed by atoms with Gasteiger partial charge in [-0.1, -0.05) is 0 Å². The second kappa shape index (κ2) is 4.32. The van der Waals surface area contributed by atoms with Crippen molar-refractivity contribution in [3.8, 4) is 0 Å². The van der Waals surface area contributed by atoms with E-state index in [1.165, 1.54) is 0 Å². The van der Waals surface area contributed by atoms with Crippen molar-refractivity contribution < 1.29 is 17.2 Å². The molecule has 7 heteroatoms. The summed E-state index contributed by atoms with van der Waals surface area (Å²) in [5, 5.41) is 5.04. The predicted octanol–water partition coefficient (Wildman–Crippen LogP) is 1.31. The minimum Gasteiger partial charge on any atom is -0.216 e. The summed E-state index contributed by atoms with van der Waals surface area (Å²) in [4.78, 5) is 0. The molecule has 0 aliphatic carbocycles. The minimum atomic E-state index is -3.89. The Bertz CT molecular complexity index is 533. The second-order valence-corrected chi connectivity index (χ2v) is 5.48. The monoisotopic (exact) mass is 262 g/mol. The van der Waals surface area contributed by atoms with Crippen LogP contribution in [0.15, 0.2) is 18.2 Å². The summed E-state index contributed by atoms with van der Waals surface area (Å²) in [6, 6.07) is 2.30. The fourth-order valence-corrected chi connectivity index (χ4v) is 3.08. The Morgan fingerprint density at radius 2 is 2.06 bits per heavy atom. The highest BCUT2D eigenvalue weighted by Gasteiger charge is 2.34. The fraction of sp³-hybridized carbons (Fsp3) is 0.400. The molecule has 17 heavy (non-hydrogen) atoms. The van der Waals surface area contributed by atoms with Gasteiger partial charge in [0.25, 0.3) is 10.2 Å². The first-order valence-corrected chi connectivity index (χ1v) is 6.64. The third-order valence-corrected chi connectivity index (χ3v) is 3.94. The average Bonchev–Trinajstić information content (AvgIpc) is 2.69. The predicted molar refractivity (Wildman–Crippen MR) is 58.1 cm³/mol. The summed E-state index contributed by atoms with van der Waals surface area (Å²) in [5.41, 5.74) is 0.0384. The van der Waals surface area contributed by atoms with Crippen LogP contribution < -0.4 is 5.14 Å². The number of benzene rings is 1. The molecule has 0 saturated carbocycles. The fourth-order valence-electron chi connectivity index (χ4n) is 2.13. The van der Waals surface area contributed by atoms with Crippen LogP contribution in [0.3, 0.4) is 0 Å². The van der Waals surface area contributed by atoms with Gasteiger partial charge in [-0.2, -0.15) is 12.7 Å². The van der Waals surface area contributed by atoms with E-state index >= 15 is 0 Å². The van der Waals surface area contributed by atoms with Crippen molar-refractivity contribution in [2.75, 3.05) is 6.54 Å². The number of halogens is 2. The smallest absolute Gasteiger partial charge is 0.216 e. The van der Waals surface area contributed by atoms with Gasteiger partial charge in [0, 0.05) is 12.1 Å². The minimum absolute atomic E-state index is 0.0384. The van der Waals surface area contributed by atoms with E-state index in [0.29, 0.717) is 12.8 Å². The molecule has 1 aliphatic rings. The van der Waals surface area contributed by atoms with Crippen LogP contribution in [-0.2, 0) is 10.2 Å². The van der Waals surface area contributed by atoms with Gasteiger partial charge >= 0.3 is 0 Å². The molecule has 4 nitrogen and oxygen atoms in total. The molecule has 1 aromatic carbocycles. The van der Waals surface area contributed by atoms with Crippen LogP contribution in [0.5, 0.6) is 0 Å². The van der Waals surface area contributed by atoms with E-state index in [1.54, 1.807) is 0 Å². The Balaban J connectivity index is 2.42. The zero-order chi connectivity index (χ0) is 12.6. The van der Waals surface area contributed by atoms with Gasteiger partial charge in [0.05, 0.1) is 6.04 Å². The Kier molecular flexibility index (Phi) is 3.15. The lowest BCUT2D eigenvalue weighted by Gasteiger charge is -2.22. The summed E-state index contributed by atoms with van der Waals surface area (Å²) in [6.45, 7) is 0.236. The number of nitrogens with zero attached hydrogens (tertiary/aromatic N) is 1. The summed E-state index contributed by atoms with van der Waals surface area (Å²) in [5.74, 6) is -1.21. The van der Waals surface area contributed by atoms with Gasteiger partial charge in [0.15, 0.2) is 0 Å². The van der Waals surface area contributed by atoms with Crippen molar-refractivity contribution in [1.82, 2.24) is 4.31 Å². The topological polar surface area (TPSA) is 63.4 Å². The van der Waals surface area contributed by atoms with Gasteiger partial charge in [0.1, 0.15) is 11.6 Å². The molecule has 0 aromatic heterocycles. The maximum absolute atomic E-state index is 13.6. The van der Waals surface area contributed by atoms with Gasteiger partial charge in [-0.15, -0.1) is 0 Å². The zero-order valence-electron chi connectivity index (χ0n) is 8.94. The molecule has 1 aromatic rings. The van der Waals surface area contributed by atoms with E-state index in [9.17, 15) is 17.2 Å². The van der Waals surface area contributed by atoms with E-state index in [-0.39, 0.29) is 12.1 Å². The molecule has 1 fully saturated rings. The molecule has 1 aliphatic heterocycles. The van der Waals surface area contributed by atoms with Crippen LogP contribution in [0.1, 0.15) is 24.4 Å². The highest BCUT2D eigenvalue weighted by atomic mass is 32.2. The molecule has 1 unspecified atom stereocenters. The molecular weight excluding hydrogens is 250 g/mol. The standard InChI is InChI=1S/C10H12F2N2O2S/c11-7-3-4-9(12)8(6-7)10-2-1-5-14(10)17(13,15)16/h3-4,6,10H,1-2,5H2,(H2,13,15,16). The van der Waals surface area contributed by atoms with Crippen molar-refractivity contribution in [3.63, 3.8) is 0 Å². The van der Waals surface area contributed by atoms with Crippen molar-refractivity contribution >= 4 is 10.2 Å². The van der Waals surface area contributed by atoms with E-state index in [4.69, 9.17) is 5.14 Å². The molecule has 2 N–H and O–H groups in total. The van der Waals surface area contributed by atoms with E-state index in [0.717, 1.165) is 22.5 Å². The van der Waals surface area contributed by atoms with Gasteiger partial charge in [-0.25, -0.2) is 13.9 Å². The highest BCUT2D eigenvalue weighted by molar-refractivity contribution is 7.86. The maximum Gasteiger partial charge on any atom is 0.277 e. The van der Waals surface area contributed by atoms with Crippen LogP contribution in [0.25, 0.3) is 0 Å². The summed E-state index contributed by atoms with van der Waals surface area (Å²) >= 11 is 0. The van der Waals surface area contributed by atoms with Crippen molar-refractivity contribution in [3.05, 3.63) is 35.4 Å². The summed E-state index contributed by atoms with van der Waals surface area (Å²) < 4.78 is 50.2. The van der Waals surface area contributed by atoms with Crippen LogP contribution in [0, 0.1) is 11.6 Å². The normalized spacial score (nSPS) is 21.9. The van der Waals surface area contributed by atoms with Gasteiger partial charge < -0.3 is 0 Å². The lowest BCUT2D eigenvalue weighted by atomic mass is 10.0. The van der Waals surface area contributed by atoms with E-state index in [2.05, 4.69) is 0 Å². The molecular formula is C10H12F2N2O2S. The lowest BCUT2D eigenvalue weighted by Crippen LogP contribution is -2.36. The molecule has 0 spiro atoms. The zero-order valence-corrected chi connectivity index (χ0v) is 9.75. The lowest BCUT2D eigenvalue weighted by molar-refractivity contribution is 0.385. The Hall–Kier alpha value is -1.05. The maximum atomic E-state index is 13.6. The molecule has 1 heterocycles. The Morgan fingerprint density at radius 1 is 1.35 bits per heavy atom. The van der Waals surface area contributed by atoms with Crippen LogP contribution in [0.2, 0.25) is 0 Å². The van der Waals surface area contributed by atoms with E-state index in [1.807, 2.05) is 0 Å². The SMILES string of the molecule is NS(=O)(=O)N1CCCC1c1cc(F)ccc1F. The number of rotatable bonds is 2. The molecule has 1 atom stereocenters. The second-order valence-electron chi connectivity index (χ2n) is 3.98. The van der Waals surface area contributed by atoms with Crippen LogP contribution in [0.4, 0.5) is 8.78 Å². The Morgan fingerprint density at radius 3 is 2.71 bits per heavy atom. The number of hydrogen-bond acceptors (Lipinski definition) is 2. The molecule has 0 amide bonds. The van der Waals surface area contributed by atoms with Crippen LogP contribution >= 0.6 is 0 Å². The van der Waals surface area contributed by atoms with Crippen molar-refractivity contribution in [1.29, 1.82) is 0 Å². The molecule has 1 saturated heterocycles. The van der Waals surface area contributed by atoms with Gasteiger partial charge in [-0.3, -0.25) is 0 Å². The quantitative estimate of drug-likeness (QED) is 0.873. The first-order valence-electron chi connectivity index (χ1n) is 5.14. The van der Waals surface area contributed by atoms with E-state index < -0.39 is 27.9 Å². The van der Waals surface area contributed by atoms with Crippen LogP contribution in [-0.4, -0.2) is 19.3 Å². The summed E-state index contributed by atoms with van der Waals surface area (Å²) in [6.07, 6.45) is 1.02. The van der Waals surface area contributed by atoms with Gasteiger partial charge in [0.2, 0.25) is 0 Å². The molecule has 0 radical (unpaired) electrons. The third kappa shape index (κ3) is 2.46. The third-order valence-electron chi connectivity index (χ3n) is 2.85. The number of nitrogens with two attached hydrogens (primary N) is 1. The first kappa shape index (κ1) is 12.4. The molecule has 2 rings (SSSR count). The summed E-state index contributed by atoms with van der Waals surface area (Å²) in [7, 11) is -3.89. The Labute approximate surface area is 98.2 Å². The van der Waals surface area contributed by atoms with Crippen molar-refractivity contribution in [2.24, 2.45) is 5.14 Å². The van der Waals surface area contributed by atoms with Crippen molar-refractivity contribution in [2.45, 2.75) is 18.9 Å². The number of hydrogen-bond donors (Lipinski definition) is 1. The largest absolute Gasteiger partial charge is 0.277 e.